The zero-order chi connectivity index (χ0) is 9.97. The summed E-state index contributed by atoms with van der Waals surface area (Å²) in [5.74, 6) is 0. The van der Waals surface area contributed by atoms with Gasteiger partial charge in [0.2, 0.25) is 0 Å². The van der Waals surface area contributed by atoms with Crippen molar-refractivity contribution in [1.29, 1.82) is 0 Å². The smallest absolute Gasteiger partial charge is 0.0705 e. The van der Waals surface area contributed by atoms with E-state index in [-0.39, 0.29) is 0 Å². The van der Waals surface area contributed by atoms with Crippen LogP contribution in [0.15, 0.2) is 36.5 Å². The molecule has 2 heteroatoms. The van der Waals surface area contributed by atoms with Crippen molar-refractivity contribution in [3.63, 3.8) is 0 Å². The van der Waals surface area contributed by atoms with Gasteiger partial charge in [0.15, 0.2) is 0 Å². The maximum absolute atomic E-state index is 4.33. The van der Waals surface area contributed by atoms with Crippen LogP contribution in [0.25, 0.3) is 10.9 Å². The summed E-state index contributed by atoms with van der Waals surface area (Å²) in [6.07, 6.45) is 1.88. The van der Waals surface area contributed by atoms with Crippen molar-refractivity contribution in [1.82, 2.24) is 9.88 Å². The highest BCUT2D eigenvalue weighted by molar-refractivity contribution is 5.81. The maximum Gasteiger partial charge on any atom is 0.0705 e. The molecule has 0 spiro atoms. The lowest BCUT2D eigenvalue weighted by Gasteiger charge is -2.11. The molecule has 0 aliphatic heterocycles. The second-order valence-electron chi connectivity index (χ2n) is 3.73. The highest BCUT2D eigenvalue weighted by Gasteiger charge is 2.01. The van der Waals surface area contributed by atoms with Crippen LogP contribution < -0.4 is 0 Å². The Labute approximate surface area is 84.2 Å². The molecule has 1 aromatic heterocycles. The normalized spacial score (nSPS) is 11.1. The molecule has 0 amide bonds. The summed E-state index contributed by atoms with van der Waals surface area (Å²) in [5, 5.41) is 1.25. The van der Waals surface area contributed by atoms with Gasteiger partial charge in [0.1, 0.15) is 0 Å². The molecule has 0 aliphatic carbocycles. The van der Waals surface area contributed by atoms with Gasteiger partial charge in [-0.2, -0.15) is 0 Å². The SMILES string of the molecule is CN(C)Cc1ccnc2ccccc12. The Morgan fingerprint density at radius 1 is 1.14 bits per heavy atom. The van der Waals surface area contributed by atoms with E-state index in [1.165, 1.54) is 10.9 Å². The Balaban J connectivity index is 2.53. The van der Waals surface area contributed by atoms with Crippen LogP contribution >= 0.6 is 0 Å². The molecule has 2 aromatic rings. The van der Waals surface area contributed by atoms with Crippen LogP contribution in [0.4, 0.5) is 0 Å². The molecule has 1 heterocycles. The van der Waals surface area contributed by atoms with Crippen molar-refractivity contribution >= 4 is 10.9 Å². The number of fused-ring (bicyclic) bond motifs is 1. The Bertz CT molecular complexity index is 430. The first-order valence-electron chi connectivity index (χ1n) is 4.75. The molecule has 0 saturated carbocycles. The van der Waals surface area contributed by atoms with Crippen LogP contribution in [-0.4, -0.2) is 24.0 Å². The van der Waals surface area contributed by atoms with Gasteiger partial charge in [-0.3, -0.25) is 4.98 Å². The summed E-state index contributed by atoms with van der Waals surface area (Å²) in [5.41, 5.74) is 2.41. The predicted octanol–water partition coefficient (Wildman–Crippen LogP) is 2.30. The molecule has 2 nitrogen and oxygen atoms in total. The molecule has 0 bridgehead atoms. The van der Waals surface area contributed by atoms with Gasteiger partial charge < -0.3 is 4.90 Å². The zero-order valence-corrected chi connectivity index (χ0v) is 8.57. The second kappa shape index (κ2) is 3.76. The molecule has 0 atom stereocenters. The number of pyridine rings is 1. The van der Waals surface area contributed by atoms with E-state index < -0.39 is 0 Å². The van der Waals surface area contributed by atoms with E-state index in [4.69, 9.17) is 0 Å². The van der Waals surface area contributed by atoms with Crippen molar-refractivity contribution in [2.45, 2.75) is 6.54 Å². The summed E-state index contributed by atoms with van der Waals surface area (Å²) in [6, 6.07) is 10.3. The van der Waals surface area contributed by atoms with Gasteiger partial charge >= 0.3 is 0 Å². The lowest BCUT2D eigenvalue weighted by molar-refractivity contribution is 0.404. The fourth-order valence-corrected chi connectivity index (χ4v) is 1.63. The van der Waals surface area contributed by atoms with E-state index in [1.807, 2.05) is 12.3 Å². The summed E-state index contributed by atoms with van der Waals surface area (Å²) in [4.78, 5) is 6.50. The number of para-hydroxylation sites is 1. The number of hydrogen-bond acceptors (Lipinski definition) is 2. The van der Waals surface area contributed by atoms with Crippen molar-refractivity contribution in [2.75, 3.05) is 14.1 Å². The minimum atomic E-state index is 0.961. The molecule has 14 heavy (non-hydrogen) atoms. The quantitative estimate of drug-likeness (QED) is 0.715. The third kappa shape index (κ3) is 1.75. The molecule has 0 aliphatic rings. The molecular formula is C12H14N2. The van der Waals surface area contributed by atoms with E-state index >= 15 is 0 Å². The van der Waals surface area contributed by atoms with Crippen LogP contribution in [0.3, 0.4) is 0 Å². The summed E-state index contributed by atoms with van der Waals surface area (Å²) >= 11 is 0. The van der Waals surface area contributed by atoms with Crippen LogP contribution in [0.2, 0.25) is 0 Å². The molecule has 1 aromatic carbocycles. The Hall–Kier alpha value is -1.41. The summed E-state index contributed by atoms with van der Waals surface area (Å²) in [6.45, 7) is 0.961. The first-order valence-corrected chi connectivity index (χ1v) is 4.75. The predicted molar refractivity (Wildman–Crippen MR) is 59.1 cm³/mol. The molecule has 72 valence electrons. The Kier molecular flexibility index (Phi) is 2.46. The van der Waals surface area contributed by atoms with Gasteiger partial charge in [0.25, 0.3) is 0 Å². The highest BCUT2D eigenvalue weighted by Crippen LogP contribution is 2.16. The number of aromatic nitrogens is 1. The Morgan fingerprint density at radius 2 is 1.93 bits per heavy atom. The number of rotatable bonds is 2. The minimum Gasteiger partial charge on any atom is -0.305 e. The van der Waals surface area contributed by atoms with Gasteiger partial charge in [-0.15, -0.1) is 0 Å². The first kappa shape index (κ1) is 9.16. The van der Waals surface area contributed by atoms with E-state index in [0.717, 1.165) is 12.1 Å². The van der Waals surface area contributed by atoms with E-state index in [0.29, 0.717) is 0 Å². The van der Waals surface area contributed by atoms with Gasteiger partial charge in [-0.25, -0.2) is 0 Å². The Morgan fingerprint density at radius 3 is 2.71 bits per heavy atom. The van der Waals surface area contributed by atoms with Crippen molar-refractivity contribution in [3.8, 4) is 0 Å². The number of hydrogen-bond donors (Lipinski definition) is 0. The number of nitrogens with zero attached hydrogens (tertiary/aromatic N) is 2. The lowest BCUT2D eigenvalue weighted by atomic mass is 10.1. The van der Waals surface area contributed by atoms with Crippen molar-refractivity contribution in [2.24, 2.45) is 0 Å². The van der Waals surface area contributed by atoms with Gasteiger partial charge in [0, 0.05) is 18.1 Å². The fourth-order valence-electron chi connectivity index (χ4n) is 1.63. The van der Waals surface area contributed by atoms with E-state index in [1.54, 1.807) is 0 Å². The van der Waals surface area contributed by atoms with Crippen LogP contribution in [0, 0.1) is 0 Å². The van der Waals surface area contributed by atoms with Gasteiger partial charge in [0.05, 0.1) is 5.52 Å². The lowest BCUT2D eigenvalue weighted by Crippen LogP contribution is -2.10. The fraction of sp³-hybridized carbons (Fsp3) is 0.250. The van der Waals surface area contributed by atoms with Gasteiger partial charge in [-0.05, 0) is 31.8 Å². The monoisotopic (exact) mass is 186 g/mol. The second-order valence-corrected chi connectivity index (χ2v) is 3.73. The molecule has 0 fully saturated rings. The molecule has 0 saturated heterocycles. The molecule has 2 rings (SSSR count). The van der Waals surface area contributed by atoms with Crippen LogP contribution in [0.1, 0.15) is 5.56 Å². The largest absolute Gasteiger partial charge is 0.305 e. The highest BCUT2D eigenvalue weighted by atomic mass is 15.0. The third-order valence-electron chi connectivity index (χ3n) is 2.23. The molecular weight excluding hydrogens is 172 g/mol. The van der Waals surface area contributed by atoms with E-state index in [2.05, 4.69) is 48.2 Å². The van der Waals surface area contributed by atoms with Crippen molar-refractivity contribution in [3.05, 3.63) is 42.1 Å². The summed E-state index contributed by atoms with van der Waals surface area (Å²) in [7, 11) is 4.16. The zero-order valence-electron chi connectivity index (χ0n) is 8.57. The van der Waals surface area contributed by atoms with Crippen LogP contribution in [-0.2, 0) is 6.54 Å². The van der Waals surface area contributed by atoms with E-state index in [9.17, 15) is 0 Å². The minimum absolute atomic E-state index is 0.961. The number of benzene rings is 1. The van der Waals surface area contributed by atoms with Gasteiger partial charge in [-0.1, -0.05) is 18.2 Å². The average molecular weight is 186 g/mol. The van der Waals surface area contributed by atoms with Crippen LogP contribution in [0.5, 0.6) is 0 Å². The molecule has 0 N–H and O–H groups in total. The standard InChI is InChI=1S/C12H14N2/c1-14(2)9-10-7-8-13-12-6-4-3-5-11(10)12/h3-8H,9H2,1-2H3. The summed E-state index contributed by atoms with van der Waals surface area (Å²) < 4.78 is 0. The molecule has 0 radical (unpaired) electrons. The first-order chi connectivity index (χ1) is 6.77. The third-order valence-corrected chi connectivity index (χ3v) is 2.23. The maximum atomic E-state index is 4.33. The molecule has 0 unspecified atom stereocenters. The topological polar surface area (TPSA) is 16.1 Å². The average Bonchev–Trinajstić information content (AvgIpc) is 2.18. The van der Waals surface area contributed by atoms with Crippen molar-refractivity contribution < 1.29 is 0 Å².